The maximum absolute atomic E-state index is 14.5. The Hall–Kier alpha value is -1.99. The van der Waals surface area contributed by atoms with Crippen molar-refractivity contribution in [3.05, 3.63) is 57.5 Å². The van der Waals surface area contributed by atoms with Crippen molar-refractivity contribution in [2.45, 2.75) is 38.2 Å². The number of phenolic OH excluding ortho intramolecular Hbond substituents is 1. The van der Waals surface area contributed by atoms with Crippen LogP contribution in [0.3, 0.4) is 0 Å². The van der Waals surface area contributed by atoms with Crippen LogP contribution >= 0.6 is 15.9 Å². The molecule has 1 aliphatic heterocycles. The number of phenols is 1. The zero-order valence-electron chi connectivity index (χ0n) is 16.7. The minimum Gasteiger partial charge on any atom is -0.505 e. The quantitative estimate of drug-likeness (QED) is 0.617. The van der Waals surface area contributed by atoms with Crippen LogP contribution in [0.2, 0.25) is 0 Å². The van der Waals surface area contributed by atoms with Gasteiger partial charge in [-0.2, -0.15) is 0 Å². The van der Waals surface area contributed by atoms with Crippen LogP contribution in [0.4, 0.5) is 8.78 Å². The molecule has 1 aromatic carbocycles. The fourth-order valence-corrected chi connectivity index (χ4v) is 4.96. The van der Waals surface area contributed by atoms with Crippen LogP contribution < -0.4 is 4.74 Å². The lowest BCUT2D eigenvalue weighted by Gasteiger charge is -2.17. The smallest absolute Gasteiger partial charge is 0.213 e. The number of nitrogens with zero attached hydrogens (tertiary/aromatic N) is 2. The zero-order chi connectivity index (χ0) is 21.1. The average molecular weight is 479 g/mol. The van der Waals surface area contributed by atoms with Crippen molar-refractivity contribution in [1.82, 2.24) is 9.88 Å². The van der Waals surface area contributed by atoms with Gasteiger partial charge in [0.25, 0.3) is 0 Å². The van der Waals surface area contributed by atoms with Crippen LogP contribution in [0.1, 0.15) is 42.4 Å². The number of allylic oxidation sites excluding steroid dienone is 1. The molecular formula is C23H25BrF2N2O2. The summed E-state index contributed by atoms with van der Waals surface area (Å²) in [7, 11) is 0. The summed E-state index contributed by atoms with van der Waals surface area (Å²) in [5, 5.41) is 9.77. The van der Waals surface area contributed by atoms with Crippen molar-refractivity contribution >= 4 is 21.5 Å². The van der Waals surface area contributed by atoms with Gasteiger partial charge in [-0.3, -0.25) is 9.29 Å². The molecule has 1 N–H and O–H groups in total. The molecular weight excluding hydrogens is 454 g/mol. The van der Waals surface area contributed by atoms with Gasteiger partial charge >= 0.3 is 0 Å². The molecule has 0 amide bonds. The standard InChI is InChI=1S/C23H25BrF2N2O2/c24-19-4-1-3-18-17(6-7-20(29)23(18)26)22(19)15-5-8-21(27-13-15)30-16-9-12-28(14-16)11-2-10-25/h5-8,13,16,29H,1-4,9-12,14H2. The number of fused-ring (bicyclic) bond motifs is 1. The van der Waals surface area contributed by atoms with Gasteiger partial charge in [0.05, 0.1) is 6.67 Å². The Morgan fingerprint density at radius 1 is 1.23 bits per heavy atom. The Labute approximate surface area is 183 Å². The number of aromatic hydroxyl groups is 1. The number of benzene rings is 1. The Morgan fingerprint density at radius 3 is 2.87 bits per heavy atom. The van der Waals surface area contributed by atoms with Crippen LogP contribution in [0.25, 0.3) is 5.57 Å². The molecule has 1 aromatic heterocycles. The second kappa shape index (κ2) is 9.43. The first-order valence-electron chi connectivity index (χ1n) is 10.4. The van der Waals surface area contributed by atoms with Gasteiger partial charge in [-0.15, -0.1) is 0 Å². The lowest BCUT2D eigenvalue weighted by atomic mass is 9.94. The predicted octanol–water partition coefficient (Wildman–Crippen LogP) is 5.23. The lowest BCUT2D eigenvalue weighted by Crippen LogP contribution is -2.26. The monoisotopic (exact) mass is 478 g/mol. The van der Waals surface area contributed by atoms with E-state index < -0.39 is 5.82 Å². The number of halogens is 3. The predicted molar refractivity (Wildman–Crippen MR) is 116 cm³/mol. The lowest BCUT2D eigenvalue weighted by molar-refractivity contribution is 0.191. The molecule has 4 nitrogen and oxygen atoms in total. The molecule has 1 aliphatic carbocycles. The number of rotatable bonds is 6. The van der Waals surface area contributed by atoms with Gasteiger partial charge in [-0.05, 0) is 55.4 Å². The van der Waals surface area contributed by atoms with Crippen molar-refractivity contribution < 1.29 is 18.6 Å². The summed E-state index contributed by atoms with van der Waals surface area (Å²) in [5.74, 6) is -0.303. The first-order valence-corrected chi connectivity index (χ1v) is 11.2. The Morgan fingerprint density at radius 2 is 2.10 bits per heavy atom. The third-order valence-corrected chi connectivity index (χ3v) is 6.53. The summed E-state index contributed by atoms with van der Waals surface area (Å²) >= 11 is 3.67. The fourth-order valence-electron chi connectivity index (χ4n) is 4.24. The van der Waals surface area contributed by atoms with Gasteiger partial charge in [-0.1, -0.05) is 22.0 Å². The summed E-state index contributed by atoms with van der Waals surface area (Å²) in [6, 6.07) is 6.95. The first-order chi connectivity index (χ1) is 14.6. The van der Waals surface area contributed by atoms with E-state index in [2.05, 4.69) is 25.8 Å². The summed E-state index contributed by atoms with van der Waals surface area (Å²) in [5.41, 5.74) is 3.10. The number of pyridine rings is 1. The molecule has 0 radical (unpaired) electrons. The molecule has 0 spiro atoms. The van der Waals surface area contributed by atoms with E-state index in [1.165, 1.54) is 6.07 Å². The molecule has 7 heteroatoms. The Bertz CT molecular complexity index is 934. The molecule has 30 heavy (non-hydrogen) atoms. The van der Waals surface area contributed by atoms with Gasteiger partial charge in [-0.25, -0.2) is 9.37 Å². The zero-order valence-corrected chi connectivity index (χ0v) is 18.3. The molecule has 1 saturated heterocycles. The molecule has 1 fully saturated rings. The summed E-state index contributed by atoms with van der Waals surface area (Å²) in [6.45, 7) is 2.17. The van der Waals surface area contributed by atoms with Gasteiger partial charge in [0.2, 0.25) is 5.88 Å². The molecule has 4 rings (SSSR count). The average Bonchev–Trinajstić information content (AvgIpc) is 3.12. The number of alkyl halides is 1. The maximum atomic E-state index is 14.5. The molecule has 160 valence electrons. The molecule has 1 atom stereocenters. The summed E-state index contributed by atoms with van der Waals surface area (Å²) in [6.07, 6.45) is 5.44. The van der Waals surface area contributed by atoms with Crippen molar-refractivity contribution in [2.24, 2.45) is 0 Å². The number of aromatic nitrogens is 1. The van der Waals surface area contributed by atoms with Gasteiger partial charge < -0.3 is 9.84 Å². The van der Waals surface area contributed by atoms with E-state index in [-0.39, 0.29) is 18.5 Å². The highest BCUT2D eigenvalue weighted by Crippen LogP contribution is 2.40. The Kier molecular flexibility index (Phi) is 6.68. The number of likely N-dealkylation sites (tertiary alicyclic amines) is 1. The molecule has 2 aliphatic rings. The Balaban J connectivity index is 1.52. The molecule has 2 aromatic rings. The molecule has 0 saturated carbocycles. The highest BCUT2D eigenvalue weighted by Gasteiger charge is 2.25. The van der Waals surface area contributed by atoms with E-state index in [1.807, 2.05) is 12.1 Å². The van der Waals surface area contributed by atoms with E-state index in [9.17, 15) is 13.9 Å². The topological polar surface area (TPSA) is 45.6 Å². The van der Waals surface area contributed by atoms with Crippen molar-refractivity contribution in [2.75, 3.05) is 26.3 Å². The van der Waals surface area contributed by atoms with Crippen molar-refractivity contribution in [3.63, 3.8) is 0 Å². The van der Waals surface area contributed by atoms with E-state index in [0.717, 1.165) is 60.1 Å². The number of ether oxygens (including phenoxy) is 1. The van der Waals surface area contributed by atoms with Gasteiger partial charge in [0.1, 0.15) is 6.10 Å². The largest absolute Gasteiger partial charge is 0.505 e. The second-order valence-corrected chi connectivity index (χ2v) is 8.77. The van der Waals surface area contributed by atoms with Crippen molar-refractivity contribution in [1.29, 1.82) is 0 Å². The molecule has 2 heterocycles. The summed E-state index contributed by atoms with van der Waals surface area (Å²) < 4.78 is 33.9. The second-order valence-electron chi connectivity index (χ2n) is 7.82. The third-order valence-electron chi connectivity index (χ3n) is 5.74. The van der Waals surface area contributed by atoms with Crippen LogP contribution in [0, 0.1) is 5.82 Å². The van der Waals surface area contributed by atoms with Crippen LogP contribution in [-0.4, -0.2) is 47.4 Å². The minimum atomic E-state index is -0.543. The SMILES string of the molecule is Oc1ccc2c(c1F)CCCC(Br)=C2c1ccc(OC2CCN(CCCF)C2)nc1. The van der Waals surface area contributed by atoms with Crippen molar-refractivity contribution in [3.8, 4) is 11.6 Å². The normalized spacial score (nSPS) is 19.6. The highest BCUT2D eigenvalue weighted by molar-refractivity contribution is 9.11. The van der Waals surface area contributed by atoms with Crippen LogP contribution in [-0.2, 0) is 6.42 Å². The van der Waals surface area contributed by atoms with Gasteiger partial charge in [0.15, 0.2) is 11.6 Å². The van der Waals surface area contributed by atoms with Crippen LogP contribution in [0.5, 0.6) is 11.6 Å². The highest BCUT2D eigenvalue weighted by atomic mass is 79.9. The maximum Gasteiger partial charge on any atom is 0.213 e. The van der Waals surface area contributed by atoms with Crippen LogP contribution in [0.15, 0.2) is 34.9 Å². The first kappa shape index (κ1) is 21.2. The van der Waals surface area contributed by atoms with E-state index in [0.29, 0.717) is 24.3 Å². The van der Waals surface area contributed by atoms with E-state index in [4.69, 9.17) is 4.74 Å². The third kappa shape index (κ3) is 4.52. The van der Waals surface area contributed by atoms with E-state index in [1.54, 1.807) is 12.3 Å². The minimum absolute atomic E-state index is 0.0598. The fraction of sp³-hybridized carbons (Fsp3) is 0.435. The van der Waals surface area contributed by atoms with E-state index >= 15 is 0 Å². The van der Waals surface area contributed by atoms with Gasteiger partial charge in [0, 0.05) is 47.5 Å². The number of hydrogen-bond acceptors (Lipinski definition) is 4. The number of hydrogen-bond donors (Lipinski definition) is 1. The molecule has 1 unspecified atom stereocenters. The summed E-state index contributed by atoms with van der Waals surface area (Å²) in [4.78, 5) is 6.70. The molecule has 0 bridgehead atoms.